The summed E-state index contributed by atoms with van der Waals surface area (Å²) in [4.78, 5) is 52.5. The van der Waals surface area contributed by atoms with Crippen molar-refractivity contribution in [2.24, 2.45) is 5.92 Å². The van der Waals surface area contributed by atoms with E-state index in [9.17, 15) is 29.3 Å². The number of hydrogen-bond acceptors (Lipinski definition) is 9. The van der Waals surface area contributed by atoms with Gasteiger partial charge in [-0.05, 0) is 79.8 Å². The number of nitro benzene ring substituents is 1. The van der Waals surface area contributed by atoms with E-state index < -0.39 is 28.8 Å². The van der Waals surface area contributed by atoms with Crippen LogP contribution in [0.15, 0.2) is 95.9 Å². The van der Waals surface area contributed by atoms with Crippen molar-refractivity contribution in [3.63, 3.8) is 0 Å². The number of rotatable bonds is 10. The molecule has 4 aromatic carbocycles. The molecule has 0 fully saturated rings. The summed E-state index contributed by atoms with van der Waals surface area (Å²) >= 11 is 1.55. The van der Waals surface area contributed by atoms with Crippen LogP contribution in [-0.4, -0.2) is 62.6 Å². The maximum absolute atomic E-state index is 10.8. The Kier molecular flexibility index (Phi) is 17.7. The second-order valence-electron chi connectivity index (χ2n) is 10.2. The Labute approximate surface area is 286 Å². The molecule has 0 amide bonds. The zero-order chi connectivity index (χ0) is 37.1. The summed E-state index contributed by atoms with van der Waals surface area (Å²) in [6, 6.07) is 24.3. The lowest BCUT2D eigenvalue weighted by Gasteiger charge is -2.05. The average Bonchev–Trinajstić information content (AvgIpc) is 3.05. The molecule has 14 heteroatoms. The van der Waals surface area contributed by atoms with E-state index in [4.69, 9.17) is 29.9 Å². The molecule has 260 valence electrons. The molecule has 49 heavy (non-hydrogen) atoms. The van der Waals surface area contributed by atoms with E-state index in [0.29, 0.717) is 22.8 Å². The van der Waals surface area contributed by atoms with Crippen molar-refractivity contribution in [1.29, 1.82) is 0 Å². The minimum atomic E-state index is -1.09. The number of aliphatic carboxylic acids is 1. The zero-order valence-electron chi connectivity index (χ0n) is 27.4. The van der Waals surface area contributed by atoms with Crippen LogP contribution in [0.2, 0.25) is 0 Å². The van der Waals surface area contributed by atoms with Crippen LogP contribution >= 0.6 is 11.8 Å². The lowest BCUT2D eigenvalue weighted by molar-refractivity contribution is -0.385. The molecule has 0 radical (unpaired) electrons. The number of ether oxygens (including phenoxy) is 2. The number of aromatic carboxylic acids is 3. The topological polar surface area (TPSA) is 211 Å². The van der Waals surface area contributed by atoms with Crippen LogP contribution in [0.5, 0.6) is 17.2 Å². The van der Waals surface area contributed by atoms with Crippen molar-refractivity contribution < 1.29 is 54.0 Å². The zero-order valence-corrected chi connectivity index (χ0v) is 28.2. The molecule has 0 aromatic heterocycles. The van der Waals surface area contributed by atoms with Gasteiger partial charge in [-0.1, -0.05) is 38.1 Å². The third kappa shape index (κ3) is 15.5. The van der Waals surface area contributed by atoms with Gasteiger partial charge in [0.1, 0.15) is 22.8 Å². The Morgan fingerprint density at radius 3 is 1.82 bits per heavy atom. The first kappa shape index (κ1) is 41.1. The molecule has 13 nitrogen and oxygen atoms in total. The molecule has 0 aliphatic carbocycles. The molecule has 0 atom stereocenters. The van der Waals surface area contributed by atoms with E-state index in [0.717, 1.165) is 4.90 Å². The fourth-order valence-electron chi connectivity index (χ4n) is 3.64. The molecular weight excluding hydrogens is 658 g/mol. The standard InChI is InChI=1S/C13H10O3.C9H10O3S.C8H7NO4.C5H10O2/c14-13(15)10-5-4-8-12(9-10)16-11-6-2-1-3-7-11;1-12-8-5-6(13-2)3-4-7(8)9(10)11;1-5-4-6(8(10)11)2-3-7(5)9(12)13;1-4(2)3-5(6)7/h1-9H,(H,14,15);3-5H,1-2H3,(H,10,11);2-4H,1H3,(H,10,11);4H,3H2,1-2H3,(H,6,7). The number of aryl methyl sites for hydroxylation is 1. The summed E-state index contributed by atoms with van der Waals surface area (Å²) in [5.74, 6) is -1.84. The van der Waals surface area contributed by atoms with E-state index in [1.807, 2.05) is 50.4 Å². The van der Waals surface area contributed by atoms with Crippen LogP contribution in [0.4, 0.5) is 5.69 Å². The SMILES string of the molecule is CC(C)CC(=O)O.COc1cc(SC)ccc1C(=O)O.Cc1cc(C(=O)O)ccc1[N+](=O)[O-].O=C(O)c1cccc(Oc2ccccc2)c1. The van der Waals surface area contributed by atoms with E-state index in [1.54, 1.807) is 42.1 Å². The van der Waals surface area contributed by atoms with E-state index in [1.165, 1.54) is 44.4 Å². The van der Waals surface area contributed by atoms with E-state index in [2.05, 4.69) is 0 Å². The molecule has 0 bridgehead atoms. The summed E-state index contributed by atoms with van der Waals surface area (Å²) in [7, 11) is 1.46. The predicted molar refractivity (Wildman–Crippen MR) is 184 cm³/mol. The number of hydrogen-bond donors (Lipinski definition) is 4. The molecule has 0 spiro atoms. The number of nitrogens with zero attached hydrogens (tertiary/aromatic N) is 1. The van der Waals surface area contributed by atoms with Gasteiger partial charge >= 0.3 is 23.9 Å². The maximum atomic E-state index is 10.8. The summed E-state index contributed by atoms with van der Waals surface area (Å²) in [6.45, 7) is 5.27. The van der Waals surface area contributed by atoms with Gasteiger partial charge in [-0.15, -0.1) is 11.8 Å². The molecule has 0 aliphatic heterocycles. The molecule has 0 saturated heterocycles. The summed E-state index contributed by atoms with van der Waals surface area (Å²) in [5.41, 5.74) is 0.756. The Hall–Kier alpha value is -5.89. The number of carboxylic acids is 4. The van der Waals surface area contributed by atoms with Crippen LogP contribution < -0.4 is 9.47 Å². The number of carbonyl (C=O) groups is 4. The van der Waals surface area contributed by atoms with Crippen molar-refractivity contribution in [1.82, 2.24) is 0 Å². The Morgan fingerprint density at radius 2 is 1.37 bits per heavy atom. The third-order valence-electron chi connectivity index (χ3n) is 5.92. The lowest BCUT2D eigenvalue weighted by Crippen LogP contribution is -2.00. The molecule has 0 aliphatic rings. The Bertz CT molecular complexity index is 1730. The van der Waals surface area contributed by atoms with Gasteiger partial charge in [-0.2, -0.15) is 0 Å². The van der Waals surface area contributed by atoms with Gasteiger partial charge in [-0.25, -0.2) is 14.4 Å². The van der Waals surface area contributed by atoms with Crippen LogP contribution in [0.1, 0.15) is 56.9 Å². The first-order valence-corrected chi connectivity index (χ1v) is 15.5. The van der Waals surface area contributed by atoms with Crippen LogP contribution in [0.3, 0.4) is 0 Å². The summed E-state index contributed by atoms with van der Waals surface area (Å²) in [5, 5.41) is 44.6. The van der Waals surface area contributed by atoms with Gasteiger partial charge in [0, 0.05) is 22.9 Å². The van der Waals surface area contributed by atoms with Gasteiger partial charge in [0.15, 0.2) is 0 Å². The van der Waals surface area contributed by atoms with Crippen LogP contribution in [-0.2, 0) is 4.79 Å². The fourth-order valence-corrected chi connectivity index (χ4v) is 4.06. The second-order valence-corrected chi connectivity index (χ2v) is 11.1. The second kappa shape index (κ2) is 21.1. The summed E-state index contributed by atoms with van der Waals surface area (Å²) in [6.07, 6.45) is 2.20. The minimum Gasteiger partial charge on any atom is -0.496 e. The van der Waals surface area contributed by atoms with Crippen LogP contribution in [0.25, 0.3) is 0 Å². The van der Waals surface area contributed by atoms with Crippen molar-refractivity contribution in [3.8, 4) is 17.2 Å². The smallest absolute Gasteiger partial charge is 0.339 e. The van der Waals surface area contributed by atoms with Crippen molar-refractivity contribution >= 4 is 41.3 Å². The highest BCUT2D eigenvalue weighted by molar-refractivity contribution is 7.98. The normalized spacial score (nSPS) is 9.67. The number of methoxy groups -OCH3 is 1. The number of para-hydroxylation sites is 1. The third-order valence-corrected chi connectivity index (χ3v) is 6.65. The minimum absolute atomic E-state index is 0.0584. The van der Waals surface area contributed by atoms with Gasteiger partial charge in [0.05, 0.1) is 23.2 Å². The molecule has 0 unspecified atom stereocenters. The summed E-state index contributed by atoms with van der Waals surface area (Å²) < 4.78 is 10.5. The van der Waals surface area contributed by atoms with Gasteiger partial charge in [0.25, 0.3) is 5.69 Å². The van der Waals surface area contributed by atoms with Gasteiger partial charge in [0.2, 0.25) is 0 Å². The fraction of sp³-hybridized carbons (Fsp3) is 0.200. The van der Waals surface area contributed by atoms with Gasteiger partial charge < -0.3 is 29.9 Å². The monoisotopic (exact) mass is 695 g/mol. The molecule has 4 rings (SSSR count). The van der Waals surface area contributed by atoms with Crippen molar-refractivity contribution in [2.45, 2.75) is 32.1 Å². The van der Waals surface area contributed by atoms with Crippen molar-refractivity contribution in [2.75, 3.05) is 13.4 Å². The average molecular weight is 696 g/mol. The molecule has 4 N–H and O–H groups in total. The highest BCUT2D eigenvalue weighted by Crippen LogP contribution is 2.25. The predicted octanol–water partition coefficient (Wildman–Crippen LogP) is 8.01. The Balaban J connectivity index is 0.000000338. The highest BCUT2D eigenvalue weighted by Gasteiger charge is 2.13. The molecule has 0 heterocycles. The van der Waals surface area contributed by atoms with E-state index >= 15 is 0 Å². The first-order chi connectivity index (χ1) is 23.1. The number of benzene rings is 4. The number of carboxylic acid groups (broad SMARTS) is 4. The highest BCUT2D eigenvalue weighted by atomic mass is 32.2. The number of thioether (sulfide) groups is 1. The molecular formula is C35H37NO12S. The van der Waals surface area contributed by atoms with Crippen molar-refractivity contribution in [3.05, 3.63) is 123 Å². The maximum Gasteiger partial charge on any atom is 0.339 e. The molecule has 4 aromatic rings. The quantitative estimate of drug-likeness (QED) is 0.0704. The largest absolute Gasteiger partial charge is 0.496 e. The number of nitro groups is 1. The van der Waals surface area contributed by atoms with Crippen LogP contribution in [0, 0.1) is 23.0 Å². The van der Waals surface area contributed by atoms with E-state index in [-0.39, 0.29) is 34.7 Å². The Morgan fingerprint density at radius 1 is 0.776 bits per heavy atom. The van der Waals surface area contributed by atoms with Gasteiger partial charge in [-0.3, -0.25) is 14.9 Å². The first-order valence-electron chi connectivity index (χ1n) is 14.3. The molecule has 0 saturated carbocycles. The lowest BCUT2D eigenvalue weighted by atomic mass is 10.1.